The van der Waals surface area contributed by atoms with Crippen molar-refractivity contribution in [3.05, 3.63) is 34.1 Å². The molecule has 0 bridgehead atoms. The summed E-state index contributed by atoms with van der Waals surface area (Å²) in [5, 5.41) is 5.96. The fourth-order valence-electron chi connectivity index (χ4n) is 1.92. The molecular weight excluding hydrogens is 276 g/mol. The molecule has 0 saturated heterocycles. The number of hydrogen-bond donors (Lipinski definition) is 0. The first kappa shape index (κ1) is 14.7. The van der Waals surface area contributed by atoms with Crippen LogP contribution in [0.25, 0.3) is 0 Å². The second kappa shape index (κ2) is 7.19. The van der Waals surface area contributed by atoms with Crippen LogP contribution >= 0.6 is 11.3 Å². The molecule has 0 aromatic carbocycles. The Bertz CT molecular complexity index is 536. The molecule has 5 nitrogen and oxygen atoms in total. The molecule has 0 spiro atoms. The van der Waals surface area contributed by atoms with Crippen molar-refractivity contribution in [1.82, 2.24) is 10.1 Å². The van der Waals surface area contributed by atoms with Crippen molar-refractivity contribution < 1.29 is 14.1 Å². The summed E-state index contributed by atoms with van der Waals surface area (Å²) in [5.74, 6) is 0.218. The molecule has 2 heterocycles. The molecular formula is C14H18N2O3S. The van der Waals surface area contributed by atoms with Crippen molar-refractivity contribution in [2.24, 2.45) is 0 Å². The second-order valence-corrected chi connectivity index (χ2v) is 5.43. The van der Waals surface area contributed by atoms with Gasteiger partial charge in [-0.1, -0.05) is 24.6 Å². The lowest BCUT2D eigenvalue weighted by atomic mass is 10.0. The largest absolute Gasteiger partial charge is 0.465 e. The van der Waals surface area contributed by atoms with Gasteiger partial charge in [0.2, 0.25) is 5.89 Å². The highest BCUT2D eigenvalue weighted by molar-refractivity contribution is 7.09. The van der Waals surface area contributed by atoms with Crippen LogP contribution in [0.5, 0.6) is 0 Å². The predicted molar refractivity (Wildman–Crippen MR) is 75.7 cm³/mol. The molecule has 2 aromatic rings. The van der Waals surface area contributed by atoms with Crippen LogP contribution < -0.4 is 0 Å². The molecule has 0 saturated carbocycles. The Balaban J connectivity index is 2.09. The molecule has 2 aromatic heterocycles. The minimum absolute atomic E-state index is 0.291. The lowest BCUT2D eigenvalue weighted by Gasteiger charge is -2.09. The Labute approximate surface area is 122 Å². The monoisotopic (exact) mass is 294 g/mol. The maximum Gasteiger partial charge on any atom is 0.318 e. The van der Waals surface area contributed by atoms with Crippen LogP contribution in [-0.2, 0) is 16.0 Å². The molecule has 108 valence electrons. The molecule has 0 aliphatic heterocycles. The zero-order valence-corrected chi connectivity index (χ0v) is 12.5. The van der Waals surface area contributed by atoms with Crippen LogP contribution in [0.1, 0.15) is 49.2 Å². The summed E-state index contributed by atoms with van der Waals surface area (Å²) in [6, 6.07) is 4.01. The van der Waals surface area contributed by atoms with Crippen LogP contribution in [-0.4, -0.2) is 22.7 Å². The first-order valence-corrected chi connectivity index (χ1v) is 7.64. The molecule has 1 atom stereocenters. The number of ether oxygens (including phenoxy) is 1. The smallest absolute Gasteiger partial charge is 0.318 e. The van der Waals surface area contributed by atoms with Crippen molar-refractivity contribution in [2.75, 3.05) is 6.61 Å². The zero-order chi connectivity index (χ0) is 14.4. The average Bonchev–Trinajstić information content (AvgIpc) is 3.08. The van der Waals surface area contributed by atoms with E-state index in [9.17, 15) is 4.79 Å². The number of aromatic nitrogens is 2. The number of hydrogen-bond acceptors (Lipinski definition) is 6. The van der Waals surface area contributed by atoms with E-state index in [0.29, 0.717) is 31.2 Å². The fourth-order valence-corrected chi connectivity index (χ4v) is 2.62. The molecule has 1 unspecified atom stereocenters. The maximum absolute atomic E-state index is 11.9. The third-order valence-corrected chi connectivity index (χ3v) is 3.72. The Morgan fingerprint density at radius 2 is 2.35 bits per heavy atom. The summed E-state index contributed by atoms with van der Waals surface area (Å²) < 4.78 is 10.3. The maximum atomic E-state index is 11.9. The summed E-state index contributed by atoms with van der Waals surface area (Å²) in [7, 11) is 0. The number of rotatable bonds is 7. The van der Waals surface area contributed by atoms with Gasteiger partial charge in [-0.3, -0.25) is 4.79 Å². The highest BCUT2D eigenvalue weighted by Crippen LogP contribution is 2.22. The van der Waals surface area contributed by atoms with E-state index < -0.39 is 5.92 Å². The summed E-state index contributed by atoms with van der Waals surface area (Å²) in [6.07, 6.45) is 2.13. The van der Waals surface area contributed by atoms with Gasteiger partial charge in [-0.05, 0) is 24.8 Å². The van der Waals surface area contributed by atoms with Gasteiger partial charge in [0, 0.05) is 11.3 Å². The minimum Gasteiger partial charge on any atom is -0.465 e. The van der Waals surface area contributed by atoms with Crippen LogP contribution in [0.15, 0.2) is 22.0 Å². The highest BCUT2D eigenvalue weighted by atomic mass is 32.1. The number of thiophene rings is 1. The van der Waals surface area contributed by atoms with E-state index in [1.165, 1.54) is 4.88 Å². The summed E-state index contributed by atoms with van der Waals surface area (Å²) in [4.78, 5) is 17.4. The minimum atomic E-state index is -0.454. The predicted octanol–water partition coefficient (Wildman–Crippen LogP) is 3.17. The molecule has 0 aliphatic carbocycles. The van der Waals surface area contributed by atoms with E-state index in [-0.39, 0.29) is 5.97 Å². The summed E-state index contributed by atoms with van der Waals surface area (Å²) >= 11 is 1.65. The van der Waals surface area contributed by atoms with Crippen LogP contribution in [0.3, 0.4) is 0 Å². The number of nitrogens with zero attached hydrogens (tertiary/aromatic N) is 2. The molecule has 0 radical (unpaired) electrons. The summed E-state index contributed by atoms with van der Waals surface area (Å²) in [5.41, 5.74) is 0. The first-order chi connectivity index (χ1) is 9.74. The Kier molecular flexibility index (Phi) is 5.29. The van der Waals surface area contributed by atoms with Gasteiger partial charge in [0.25, 0.3) is 0 Å². The third-order valence-electron chi connectivity index (χ3n) is 2.84. The Hall–Kier alpha value is -1.69. The molecule has 20 heavy (non-hydrogen) atoms. The molecule has 0 fully saturated rings. The zero-order valence-electron chi connectivity index (χ0n) is 11.7. The van der Waals surface area contributed by atoms with Crippen LogP contribution in [0.2, 0.25) is 0 Å². The van der Waals surface area contributed by atoms with E-state index in [4.69, 9.17) is 9.26 Å². The van der Waals surface area contributed by atoms with Crippen molar-refractivity contribution in [2.45, 2.75) is 39.0 Å². The molecule has 0 amide bonds. The van der Waals surface area contributed by atoms with Gasteiger partial charge in [0.15, 0.2) is 5.82 Å². The highest BCUT2D eigenvalue weighted by Gasteiger charge is 2.27. The topological polar surface area (TPSA) is 65.2 Å². The van der Waals surface area contributed by atoms with Crippen molar-refractivity contribution in [3.63, 3.8) is 0 Å². The van der Waals surface area contributed by atoms with Gasteiger partial charge in [0.1, 0.15) is 5.92 Å². The lowest BCUT2D eigenvalue weighted by Crippen LogP contribution is -2.16. The molecule has 0 aliphatic rings. The fraction of sp³-hybridized carbons (Fsp3) is 0.500. The van der Waals surface area contributed by atoms with Crippen LogP contribution in [0, 0.1) is 0 Å². The number of carbonyl (C=O) groups is 1. The van der Waals surface area contributed by atoms with Gasteiger partial charge in [-0.2, -0.15) is 4.98 Å². The van der Waals surface area contributed by atoms with E-state index in [2.05, 4.69) is 10.1 Å². The average molecular weight is 294 g/mol. The van der Waals surface area contributed by atoms with E-state index in [0.717, 1.165) is 6.42 Å². The second-order valence-electron chi connectivity index (χ2n) is 4.40. The normalized spacial score (nSPS) is 12.3. The van der Waals surface area contributed by atoms with E-state index >= 15 is 0 Å². The van der Waals surface area contributed by atoms with Gasteiger partial charge in [0.05, 0.1) is 6.61 Å². The SMILES string of the molecule is CCCC(C(=O)OCC)c1nc(Cc2cccs2)no1. The lowest BCUT2D eigenvalue weighted by molar-refractivity contribution is -0.145. The molecule has 6 heteroatoms. The first-order valence-electron chi connectivity index (χ1n) is 6.76. The Morgan fingerprint density at radius 3 is 3.00 bits per heavy atom. The van der Waals surface area contributed by atoms with Crippen LogP contribution in [0.4, 0.5) is 0 Å². The quantitative estimate of drug-likeness (QED) is 0.734. The Morgan fingerprint density at radius 1 is 1.50 bits per heavy atom. The standard InChI is InChI=1S/C14H18N2O3S/c1-3-6-11(14(17)18-4-2)13-15-12(16-19-13)9-10-7-5-8-20-10/h5,7-8,11H,3-4,6,9H2,1-2H3. The van der Waals surface area contributed by atoms with Crippen molar-refractivity contribution in [1.29, 1.82) is 0 Å². The number of esters is 1. The summed E-state index contributed by atoms with van der Waals surface area (Å²) in [6.45, 7) is 4.15. The van der Waals surface area contributed by atoms with Gasteiger partial charge >= 0.3 is 5.97 Å². The van der Waals surface area contributed by atoms with Gasteiger partial charge < -0.3 is 9.26 Å². The van der Waals surface area contributed by atoms with Gasteiger partial charge in [-0.25, -0.2) is 0 Å². The van der Waals surface area contributed by atoms with E-state index in [1.54, 1.807) is 18.3 Å². The molecule has 0 N–H and O–H groups in total. The molecule has 2 rings (SSSR count). The van der Waals surface area contributed by atoms with Crippen molar-refractivity contribution >= 4 is 17.3 Å². The van der Waals surface area contributed by atoms with Crippen molar-refractivity contribution in [3.8, 4) is 0 Å². The third kappa shape index (κ3) is 3.66. The number of carbonyl (C=O) groups excluding carboxylic acids is 1. The van der Waals surface area contributed by atoms with Gasteiger partial charge in [-0.15, -0.1) is 11.3 Å². The van der Waals surface area contributed by atoms with E-state index in [1.807, 2.05) is 24.4 Å².